The predicted octanol–water partition coefficient (Wildman–Crippen LogP) is 1.11. The largest absolute Gasteiger partial charge is 0.439 e. The van der Waals surface area contributed by atoms with Crippen LogP contribution in [0.4, 0.5) is 0 Å². The van der Waals surface area contributed by atoms with Crippen molar-refractivity contribution in [2.45, 2.75) is 13.5 Å². The zero-order chi connectivity index (χ0) is 14.0. The van der Waals surface area contributed by atoms with E-state index in [-0.39, 0.29) is 6.61 Å². The fourth-order valence-corrected chi connectivity index (χ4v) is 1.79. The smallest absolute Gasteiger partial charge is 0.248 e. The monoisotopic (exact) mass is 261 g/mol. The number of carbonyl (C=O) groups excluding carboxylic acids is 1. The molecule has 1 amide bonds. The van der Waals surface area contributed by atoms with Crippen LogP contribution >= 0.6 is 0 Å². The van der Waals surface area contributed by atoms with Crippen LogP contribution in [-0.4, -0.2) is 20.8 Å². The Labute approximate surface area is 110 Å². The summed E-state index contributed by atoms with van der Waals surface area (Å²) >= 11 is 0. The molecule has 100 valence electrons. The van der Waals surface area contributed by atoms with Crippen molar-refractivity contribution < 1.29 is 14.6 Å². The van der Waals surface area contributed by atoms with Crippen molar-refractivity contribution in [2.24, 2.45) is 12.8 Å². The van der Waals surface area contributed by atoms with Gasteiger partial charge in [0, 0.05) is 12.6 Å². The number of carbonyl (C=O) groups is 1. The maximum atomic E-state index is 11.0. The summed E-state index contributed by atoms with van der Waals surface area (Å²) in [7, 11) is 1.74. The van der Waals surface area contributed by atoms with Crippen molar-refractivity contribution in [3.8, 4) is 11.6 Å². The molecule has 1 aromatic carbocycles. The Kier molecular flexibility index (Phi) is 3.52. The van der Waals surface area contributed by atoms with Gasteiger partial charge in [-0.3, -0.25) is 4.79 Å². The topological polar surface area (TPSA) is 90.4 Å². The Balaban J connectivity index is 2.28. The van der Waals surface area contributed by atoms with Gasteiger partial charge in [-0.05, 0) is 31.2 Å². The van der Waals surface area contributed by atoms with Crippen molar-refractivity contribution in [1.29, 1.82) is 0 Å². The van der Waals surface area contributed by atoms with Crippen molar-refractivity contribution in [3.05, 3.63) is 41.1 Å². The summed E-state index contributed by atoms with van der Waals surface area (Å²) in [5.41, 5.74) is 6.93. The molecule has 0 spiro atoms. The highest BCUT2D eigenvalue weighted by Crippen LogP contribution is 2.27. The first kappa shape index (κ1) is 13.1. The number of hydrogen-bond donors (Lipinski definition) is 2. The predicted molar refractivity (Wildman–Crippen MR) is 68.9 cm³/mol. The first-order valence-corrected chi connectivity index (χ1v) is 5.74. The number of nitrogens with zero attached hydrogens (tertiary/aromatic N) is 2. The quantitative estimate of drug-likeness (QED) is 0.862. The SMILES string of the molecule is Cc1nn(C)c(Oc2ccc(C(N)=O)cc2)c1CO. The van der Waals surface area contributed by atoms with Gasteiger partial charge in [0.25, 0.3) is 0 Å². The lowest BCUT2D eigenvalue weighted by Gasteiger charge is -2.08. The van der Waals surface area contributed by atoms with E-state index in [1.807, 2.05) is 0 Å². The zero-order valence-corrected chi connectivity index (χ0v) is 10.8. The van der Waals surface area contributed by atoms with Gasteiger partial charge in [-0.2, -0.15) is 5.10 Å². The van der Waals surface area contributed by atoms with Crippen LogP contribution in [0.3, 0.4) is 0 Å². The van der Waals surface area contributed by atoms with Gasteiger partial charge in [-0.15, -0.1) is 0 Å². The van der Waals surface area contributed by atoms with Crippen LogP contribution in [0.5, 0.6) is 11.6 Å². The number of primary amides is 1. The van der Waals surface area contributed by atoms with Gasteiger partial charge in [0.15, 0.2) is 0 Å². The van der Waals surface area contributed by atoms with Gasteiger partial charge in [0.1, 0.15) is 5.75 Å². The highest BCUT2D eigenvalue weighted by molar-refractivity contribution is 5.92. The van der Waals surface area contributed by atoms with Crippen LogP contribution < -0.4 is 10.5 Å². The Morgan fingerprint density at radius 2 is 2.05 bits per heavy atom. The van der Waals surface area contributed by atoms with Gasteiger partial charge in [-0.1, -0.05) is 0 Å². The van der Waals surface area contributed by atoms with E-state index in [0.717, 1.165) is 0 Å². The van der Waals surface area contributed by atoms with Crippen LogP contribution in [0.15, 0.2) is 24.3 Å². The molecule has 1 heterocycles. The van der Waals surface area contributed by atoms with Crippen LogP contribution in [0.2, 0.25) is 0 Å². The average molecular weight is 261 g/mol. The van der Waals surface area contributed by atoms with Crippen LogP contribution in [0.1, 0.15) is 21.6 Å². The summed E-state index contributed by atoms with van der Waals surface area (Å²) in [6.07, 6.45) is 0. The summed E-state index contributed by atoms with van der Waals surface area (Å²) < 4.78 is 7.23. The molecule has 0 bridgehead atoms. The molecule has 0 saturated heterocycles. The number of benzene rings is 1. The Hall–Kier alpha value is -2.34. The zero-order valence-electron chi connectivity index (χ0n) is 10.8. The van der Waals surface area contributed by atoms with Crippen molar-refractivity contribution in [1.82, 2.24) is 9.78 Å². The van der Waals surface area contributed by atoms with Crippen molar-refractivity contribution >= 4 is 5.91 Å². The molecule has 3 N–H and O–H groups in total. The van der Waals surface area contributed by atoms with E-state index in [4.69, 9.17) is 10.5 Å². The number of hydrogen-bond acceptors (Lipinski definition) is 4. The molecule has 0 aliphatic heterocycles. The summed E-state index contributed by atoms with van der Waals surface area (Å²) in [5.74, 6) is 0.536. The molecule has 1 aromatic heterocycles. The fraction of sp³-hybridized carbons (Fsp3) is 0.231. The lowest BCUT2D eigenvalue weighted by molar-refractivity contribution is 0.100. The van der Waals surface area contributed by atoms with Crippen LogP contribution in [0.25, 0.3) is 0 Å². The van der Waals surface area contributed by atoms with E-state index in [9.17, 15) is 9.90 Å². The van der Waals surface area contributed by atoms with E-state index in [2.05, 4.69) is 5.10 Å². The molecule has 2 aromatic rings. The second kappa shape index (κ2) is 5.11. The minimum atomic E-state index is -0.487. The molecule has 2 rings (SSSR count). The third kappa shape index (κ3) is 2.58. The van der Waals surface area contributed by atoms with E-state index < -0.39 is 5.91 Å². The molecule has 0 radical (unpaired) electrons. The molecular formula is C13H15N3O3. The lowest BCUT2D eigenvalue weighted by Crippen LogP contribution is -2.10. The maximum Gasteiger partial charge on any atom is 0.248 e. The number of amides is 1. The number of aliphatic hydroxyl groups excluding tert-OH is 1. The van der Waals surface area contributed by atoms with Crippen LogP contribution in [-0.2, 0) is 13.7 Å². The lowest BCUT2D eigenvalue weighted by atomic mass is 10.2. The summed E-state index contributed by atoms with van der Waals surface area (Å²) in [6.45, 7) is 1.66. The maximum absolute atomic E-state index is 11.0. The van der Waals surface area contributed by atoms with Gasteiger partial charge >= 0.3 is 0 Å². The summed E-state index contributed by atoms with van der Waals surface area (Å²) in [5, 5.41) is 13.5. The number of aromatic nitrogens is 2. The summed E-state index contributed by atoms with van der Waals surface area (Å²) in [6, 6.07) is 6.45. The van der Waals surface area contributed by atoms with E-state index in [0.29, 0.717) is 28.5 Å². The number of aryl methyl sites for hydroxylation is 2. The third-order valence-electron chi connectivity index (χ3n) is 2.80. The molecule has 6 heteroatoms. The van der Waals surface area contributed by atoms with E-state index in [1.54, 1.807) is 42.9 Å². The molecule has 6 nitrogen and oxygen atoms in total. The van der Waals surface area contributed by atoms with Crippen molar-refractivity contribution in [3.63, 3.8) is 0 Å². The standard InChI is InChI=1S/C13H15N3O3/c1-8-11(7-17)13(16(2)15-8)19-10-5-3-9(4-6-10)12(14)18/h3-6,17H,7H2,1-2H3,(H2,14,18). The Morgan fingerprint density at radius 3 is 2.58 bits per heavy atom. The molecule has 0 aliphatic rings. The van der Waals surface area contributed by atoms with Gasteiger partial charge in [-0.25, -0.2) is 4.68 Å². The van der Waals surface area contributed by atoms with Gasteiger partial charge < -0.3 is 15.6 Å². The summed E-state index contributed by atoms with van der Waals surface area (Å²) in [4.78, 5) is 11.0. The molecular weight excluding hydrogens is 246 g/mol. The van der Waals surface area contributed by atoms with Gasteiger partial charge in [0.05, 0.1) is 17.9 Å². The Morgan fingerprint density at radius 1 is 1.42 bits per heavy atom. The minimum Gasteiger partial charge on any atom is -0.439 e. The second-order valence-electron chi connectivity index (χ2n) is 4.14. The fourth-order valence-electron chi connectivity index (χ4n) is 1.79. The number of aliphatic hydroxyl groups is 1. The highest BCUT2D eigenvalue weighted by Gasteiger charge is 2.14. The average Bonchev–Trinajstić information content (AvgIpc) is 2.64. The minimum absolute atomic E-state index is 0.144. The third-order valence-corrected chi connectivity index (χ3v) is 2.80. The molecule has 19 heavy (non-hydrogen) atoms. The molecule has 0 atom stereocenters. The van der Waals surface area contributed by atoms with E-state index in [1.165, 1.54) is 0 Å². The first-order chi connectivity index (χ1) is 9.02. The highest BCUT2D eigenvalue weighted by atomic mass is 16.5. The van der Waals surface area contributed by atoms with Crippen LogP contribution in [0, 0.1) is 6.92 Å². The normalized spacial score (nSPS) is 10.5. The second-order valence-corrected chi connectivity index (χ2v) is 4.14. The number of rotatable bonds is 4. The number of ether oxygens (including phenoxy) is 1. The van der Waals surface area contributed by atoms with Gasteiger partial charge in [0.2, 0.25) is 11.8 Å². The van der Waals surface area contributed by atoms with Crippen molar-refractivity contribution in [2.75, 3.05) is 0 Å². The van der Waals surface area contributed by atoms with E-state index >= 15 is 0 Å². The molecule has 0 aliphatic carbocycles. The number of nitrogens with two attached hydrogens (primary N) is 1. The molecule has 0 saturated carbocycles. The first-order valence-electron chi connectivity index (χ1n) is 5.74. The molecule has 0 unspecified atom stereocenters. The Bertz CT molecular complexity index is 602. The molecule has 0 fully saturated rings.